The molecule has 16 heteroatoms. The van der Waals surface area contributed by atoms with Gasteiger partial charge in [-0.05, 0) is 163 Å². The molecule has 4 rings (SSSR count). The van der Waals surface area contributed by atoms with Crippen LogP contribution >= 0.6 is 0 Å². The lowest BCUT2D eigenvalue weighted by atomic mass is 9.82. The van der Waals surface area contributed by atoms with Crippen LogP contribution in [0.4, 0.5) is 0 Å². The highest BCUT2D eigenvalue weighted by atomic mass is 17.2. The number of ether oxygens (including phenoxy) is 5. The fraction of sp³-hybridized carbons (Fsp3) is 0.571. The van der Waals surface area contributed by atoms with Crippen LogP contribution < -0.4 is 19.2 Å². The van der Waals surface area contributed by atoms with E-state index in [-0.39, 0.29) is 36.8 Å². The highest BCUT2D eigenvalue weighted by Gasteiger charge is 2.27. The lowest BCUT2D eigenvalue weighted by Crippen LogP contribution is -2.24. The zero-order valence-electron chi connectivity index (χ0n) is 37.6. The molecule has 0 radical (unpaired) electrons. The Labute approximate surface area is 382 Å². The van der Waals surface area contributed by atoms with Crippen LogP contribution in [0.5, 0.6) is 23.0 Å². The Hall–Kier alpha value is -5.61. The van der Waals surface area contributed by atoms with Crippen LogP contribution in [0.15, 0.2) is 73.8 Å². The lowest BCUT2D eigenvalue weighted by Gasteiger charge is -2.25. The summed E-state index contributed by atoms with van der Waals surface area (Å²) in [6.45, 7) is 9.54. The van der Waals surface area contributed by atoms with E-state index >= 15 is 0 Å². The van der Waals surface area contributed by atoms with Gasteiger partial charge in [-0.1, -0.05) is 13.2 Å². The number of unbranched alkanes of at least 4 members (excludes halogenated alkanes) is 6. The number of carboxylic acids is 2. The maximum atomic E-state index is 11.5. The van der Waals surface area contributed by atoms with E-state index in [0.29, 0.717) is 88.7 Å². The second kappa shape index (κ2) is 33.0. The first kappa shape index (κ1) is 53.7. The van der Waals surface area contributed by atoms with Gasteiger partial charge in [0.1, 0.15) is 18.1 Å². The van der Waals surface area contributed by atoms with E-state index in [1.807, 2.05) is 24.3 Å². The Balaban J connectivity index is 0.000000349. The van der Waals surface area contributed by atoms with E-state index < -0.39 is 17.9 Å². The molecule has 360 valence electrons. The third-order valence-electron chi connectivity index (χ3n) is 11.0. The molecule has 2 aliphatic rings. The van der Waals surface area contributed by atoms with E-state index in [9.17, 15) is 24.0 Å². The molecule has 0 bridgehead atoms. The average molecular weight is 913 g/mol. The molecule has 0 atom stereocenters. The minimum atomic E-state index is -0.704. The molecule has 0 amide bonds. The second-order valence-corrected chi connectivity index (χ2v) is 16.0. The predicted octanol–water partition coefficient (Wildman–Crippen LogP) is 9.05. The van der Waals surface area contributed by atoms with Gasteiger partial charge < -0.3 is 43.7 Å². The maximum Gasteiger partial charge on any atom is 0.330 e. The summed E-state index contributed by atoms with van der Waals surface area (Å²) >= 11 is 0. The van der Waals surface area contributed by atoms with Gasteiger partial charge in [-0.2, -0.15) is 9.78 Å². The van der Waals surface area contributed by atoms with Crippen molar-refractivity contribution in [1.82, 2.24) is 0 Å². The van der Waals surface area contributed by atoms with Crippen molar-refractivity contribution in [2.24, 2.45) is 23.7 Å². The summed E-state index contributed by atoms with van der Waals surface area (Å²) in [5.41, 5.74) is 0. The molecule has 0 saturated heterocycles. The fourth-order valence-corrected chi connectivity index (χ4v) is 7.01. The number of esters is 3. The van der Waals surface area contributed by atoms with E-state index in [2.05, 4.69) is 13.2 Å². The van der Waals surface area contributed by atoms with Crippen LogP contribution in [0.1, 0.15) is 109 Å². The van der Waals surface area contributed by atoms with Crippen LogP contribution in [-0.2, 0) is 48.0 Å². The third kappa shape index (κ3) is 24.9. The van der Waals surface area contributed by atoms with Gasteiger partial charge in [-0.25, -0.2) is 9.59 Å². The van der Waals surface area contributed by atoms with Gasteiger partial charge >= 0.3 is 29.8 Å². The molecule has 2 aromatic carbocycles. The van der Waals surface area contributed by atoms with Crippen molar-refractivity contribution in [2.75, 3.05) is 46.2 Å². The van der Waals surface area contributed by atoms with Crippen LogP contribution in [0, 0.1) is 23.7 Å². The predicted molar refractivity (Wildman–Crippen MR) is 238 cm³/mol. The molecule has 0 aromatic heterocycles. The first-order valence-electron chi connectivity index (χ1n) is 22.8. The third-order valence-corrected chi connectivity index (χ3v) is 11.0. The SMILES string of the molecule is C=CC(=O)OCCC(=O)OCCCCCCOc1ccc(OOCC2CCC(C(=O)O)CC2)cc1.C=CC(=O)OCCCCCCOc1ccc(OOCC2CCC(C(=O)O)CC2)cc1. The molecule has 0 aliphatic heterocycles. The highest BCUT2D eigenvalue weighted by molar-refractivity contribution is 5.81. The second-order valence-electron chi connectivity index (χ2n) is 16.0. The van der Waals surface area contributed by atoms with Crippen LogP contribution in [0.2, 0.25) is 0 Å². The number of benzene rings is 2. The molecule has 0 heterocycles. The summed E-state index contributed by atoms with van der Waals surface area (Å²) in [4.78, 5) is 76.6. The standard InChI is InChI=1S/C26H36O9.C23H32O7/c1-2-24(27)33-18-15-25(28)32-17-6-4-3-5-16-31-22-11-13-23(14-12-22)35-34-19-20-7-9-21(10-8-20)26(29)30;1-2-22(24)28-16-6-4-3-5-15-27-20-11-13-21(14-12-20)30-29-17-18-7-9-19(10-8-18)23(25)26/h2,11-14,20-21H,1,3-10,15-19H2,(H,29,30);2,11-14,18-19H,1,3-10,15-17H2,(H,25,26). The maximum absolute atomic E-state index is 11.5. The molecular weight excluding hydrogens is 845 g/mol. The molecule has 0 spiro atoms. The van der Waals surface area contributed by atoms with Crippen molar-refractivity contribution in [3.8, 4) is 23.0 Å². The first-order chi connectivity index (χ1) is 31.6. The Morgan fingerprint density at radius 2 is 0.831 bits per heavy atom. The number of hydrogen-bond acceptors (Lipinski definition) is 14. The number of aliphatic carboxylic acids is 2. The molecule has 16 nitrogen and oxygen atoms in total. The van der Waals surface area contributed by atoms with Crippen molar-refractivity contribution in [3.05, 3.63) is 73.8 Å². The number of carbonyl (C=O) groups excluding carboxylic acids is 3. The molecule has 2 fully saturated rings. The highest BCUT2D eigenvalue weighted by Crippen LogP contribution is 2.31. The van der Waals surface area contributed by atoms with E-state index in [1.54, 1.807) is 24.3 Å². The largest absolute Gasteiger partial charge is 0.494 e. The summed E-state index contributed by atoms with van der Waals surface area (Å²) in [5.74, 6) is 0.239. The van der Waals surface area contributed by atoms with Gasteiger partial charge in [-0.3, -0.25) is 14.4 Å². The number of hydrogen-bond donors (Lipinski definition) is 2. The minimum absolute atomic E-state index is 0.00184. The molecule has 2 saturated carbocycles. The molecule has 2 N–H and O–H groups in total. The Morgan fingerprint density at radius 1 is 0.477 bits per heavy atom. The smallest absolute Gasteiger partial charge is 0.330 e. The van der Waals surface area contributed by atoms with Crippen molar-refractivity contribution >= 4 is 29.8 Å². The molecule has 2 aliphatic carbocycles. The zero-order chi connectivity index (χ0) is 46.9. The molecule has 2 aromatic rings. The number of rotatable bonds is 31. The molecule has 0 unspecified atom stereocenters. The van der Waals surface area contributed by atoms with Gasteiger partial charge in [0.15, 0.2) is 11.5 Å². The summed E-state index contributed by atoms with van der Waals surface area (Å²) in [7, 11) is 0. The van der Waals surface area contributed by atoms with Crippen LogP contribution in [0.25, 0.3) is 0 Å². The van der Waals surface area contributed by atoms with Gasteiger partial charge in [-0.15, -0.1) is 0 Å². The Morgan fingerprint density at radius 3 is 1.22 bits per heavy atom. The monoisotopic (exact) mass is 912 g/mol. The fourth-order valence-electron chi connectivity index (χ4n) is 7.01. The minimum Gasteiger partial charge on any atom is -0.494 e. The van der Waals surface area contributed by atoms with Crippen molar-refractivity contribution in [1.29, 1.82) is 0 Å². The summed E-state index contributed by atoms with van der Waals surface area (Å²) in [6, 6.07) is 14.5. The van der Waals surface area contributed by atoms with Crippen molar-refractivity contribution in [3.63, 3.8) is 0 Å². The first-order valence-corrected chi connectivity index (χ1v) is 22.8. The summed E-state index contributed by atoms with van der Waals surface area (Å²) < 4.78 is 26.2. The topological polar surface area (TPSA) is 209 Å². The van der Waals surface area contributed by atoms with Gasteiger partial charge in [0.05, 0.1) is 57.9 Å². The Kier molecular flexibility index (Phi) is 27.2. The average Bonchev–Trinajstić information content (AvgIpc) is 3.32. The summed E-state index contributed by atoms with van der Waals surface area (Å²) in [6.07, 6.45) is 15.7. The van der Waals surface area contributed by atoms with Crippen molar-refractivity contribution in [2.45, 2.75) is 109 Å². The normalized spacial score (nSPS) is 17.8. The number of carbonyl (C=O) groups is 5. The van der Waals surface area contributed by atoms with Crippen LogP contribution in [0.3, 0.4) is 0 Å². The summed E-state index contributed by atoms with van der Waals surface area (Å²) in [5, 5.41) is 18.1. The molecular formula is C49H68O16. The lowest BCUT2D eigenvalue weighted by molar-refractivity contribution is -0.218. The van der Waals surface area contributed by atoms with Crippen LogP contribution in [-0.4, -0.2) is 86.3 Å². The van der Waals surface area contributed by atoms with Gasteiger partial charge in [0.25, 0.3) is 0 Å². The zero-order valence-corrected chi connectivity index (χ0v) is 37.6. The quantitative estimate of drug-likeness (QED) is 0.0181. The van der Waals surface area contributed by atoms with Crippen molar-refractivity contribution < 1.29 is 77.4 Å². The number of carboxylic acid groups (broad SMARTS) is 2. The van der Waals surface area contributed by atoms with E-state index in [4.69, 9.17) is 53.4 Å². The molecule has 65 heavy (non-hydrogen) atoms. The van der Waals surface area contributed by atoms with Gasteiger partial charge in [0.2, 0.25) is 0 Å². The van der Waals surface area contributed by atoms with E-state index in [0.717, 1.165) is 94.6 Å². The van der Waals surface area contributed by atoms with E-state index in [1.165, 1.54) is 6.08 Å². The van der Waals surface area contributed by atoms with Gasteiger partial charge in [0, 0.05) is 12.2 Å². The Bertz CT molecular complexity index is 1680.